The minimum absolute atomic E-state index is 0.157. The maximum Gasteiger partial charge on any atom is 0.139 e. The summed E-state index contributed by atoms with van der Waals surface area (Å²) in [6, 6.07) is 11.1. The van der Waals surface area contributed by atoms with Gasteiger partial charge >= 0.3 is 0 Å². The summed E-state index contributed by atoms with van der Waals surface area (Å²) in [7, 11) is 0.0468. The first-order valence-electron chi connectivity index (χ1n) is 5.57. The van der Waals surface area contributed by atoms with Crippen LogP contribution >= 0.6 is 11.6 Å². The van der Waals surface area contributed by atoms with Crippen molar-refractivity contribution in [3.05, 3.63) is 58.9 Å². The number of ether oxygens (including phenoxy) is 1. The third-order valence-electron chi connectivity index (χ3n) is 2.61. The number of benzene rings is 2. The Kier molecular flexibility index (Phi) is 4.56. The largest absolute Gasteiger partial charge is 0.496 e. The third kappa shape index (κ3) is 3.33. The molecule has 0 aliphatic rings. The van der Waals surface area contributed by atoms with E-state index in [9.17, 15) is 8.60 Å². The highest BCUT2D eigenvalue weighted by atomic mass is 35.5. The first kappa shape index (κ1) is 14.0. The van der Waals surface area contributed by atoms with Gasteiger partial charge in [0.05, 0.1) is 28.6 Å². The molecule has 0 amide bonds. The van der Waals surface area contributed by atoms with Gasteiger partial charge in [-0.05, 0) is 30.3 Å². The van der Waals surface area contributed by atoms with Crippen LogP contribution in [-0.2, 0) is 16.6 Å². The number of halogens is 2. The lowest BCUT2D eigenvalue weighted by molar-refractivity contribution is 0.411. The fourth-order valence-corrected chi connectivity index (χ4v) is 3.08. The zero-order valence-corrected chi connectivity index (χ0v) is 11.8. The Bertz CT molecular complexity index is 616. The Labute approximate surface area is 118 Å². The maximum atomic E-state index is 13.6. The van der Waals surface area contributed by atoms with Crippen LogP contribution in [0.25, 0.3) is 0 Å². The zero-order chi connectivity index (χ0) is 13.8. The van der Waals surface area contributed by atoms with Gasteiger partial charge in [-0.2, -0.15) is 0 Å². The van der Waals surface area contributed by atoms with Crippen molar-refractivity contribution in [3.63, 3.8) is 0 Å². The molecule has 1 unspecified atom stereocenters. The van der Waals surface area contributed by atoms with E-state index in [1.165, 1.54) is 19.2 Å². The molecule has 0 aliphatic carbocycles. The van der Waals surface area contributed by atoms with Crippen LogP contribution in [0.5, 0.6) is 5.75 Å². The minimum Gasteiger partial charge on any atom is -0.496 e. The molecule has 0 saturated carbocycles. The van der Waals surface area contributed by atoms with Crippen LogP contribution in [-0.4, -0.2) is 11.3 Å². The summed E-state index contributed by atoms with van der Waals surface area (Å²) in [5.74, 6) is 0.279. The van der Waals surface area contributed by atoms with Crippen molar-refractivity contribution in [2.24, 2.45) is 0 Å². The molecule has 0 bridgehead atoms. The molecule has 5 heteroatoms. The second kappa shape index (κ2) is 6.17. The van der Waals surface area contributed by atoms with Crippen LogP contribution in [0.2, 0.25) is 5.02 Å². The molecule has 1 atom stereocenters. The van der Waals surface area contributed by atoms with Crippen LogP contribution < -0.4 is 4.74 Å². The average molecular weight is 299 g/mol. The van der Waals surface area contributed by atoms with Gasteiger partial charge in [0.2, 0.25) is 0 Å². The smallest absolute Gasteiger partial charge is 0.139 e. The Morgan fingerprint density at radius 2 is 2.00 bits per heavy atom. The second-order valence-corrected chi connectivity index (χ2v) is 5.73. The Morgan fingerprint density at radius 3 is 2.68 bits per heavy atom. The van der Waals surface area contributed by atoms with Gasteiger partial charge in [0, 0.05) is 10.6 Å². The van der Waals surface area contributed by atoms with E-state index >= 15 is 0 Å². The normalized spacial score (nSPS) is 12.2. The third-order valence-corrected chi connectivity index (χ3v) is 4.24. The summed E-state index contributed by atoms with van der Waals surface area (Å²) in [4.78, 5) is 0.185. The predicted molar refractivity (Wildman–Crippen MR) is 74.5 cm³/mol. The number of rotatable bonds is 4. The lowest BCUT2D eigenvalue weighted by Gasteiger charge is -2.09. The standard InChI is InChI=1S/C14H12ClFO2S/c1-18-13-7-6-11(15)8-10(13)9-19(17)14-5-3-2-4-12(14)16/h2-8H,9H2,1H3. The molecule has 0 aromatic heterocycles. The molecular formula is C14H12ClFO2S. The molecule has 0 aliphatic heterocycles. The summed E-state index contributed by atoms with van der Waals surface area (Å²) in [6.07, 6.45) is 0. The Morgan fingerprint density at radius 1 is 1.26 bits per heavy atom. The molecule has 100 valence electrons. The summed E-state index contributed by atoms with van der Waals surface area (Å²) in [6.45, 7) is 0. The molecule has 2 aromatic carbocycles. The van der Waals surface area contributed by atoms with E-state index in [0.29, 0.717) is 16.3 Å². The van der Waals surface area contributed by atoms with Crippen LogP contribution in [0, 0.1) is 5.82 Å². The van der Waals surface area contributed by atoms with Gasteiger partial charge < -0.3 is 4.74 Å². The fraction of sp³-hybridized carbons (Fsp3) is 0.143. The van der Waals surface area contributed by atoms with Gasteiger partial charge in [0.25, 0.3) is 0 Å². The van der Waals surface area contributed by atoms with E-state index in [-0.39, 0.29) is 10.6 Å². The first-order chi connectivity index (χ1) is 9.11. The van der Waals surface area contributed by atoms with Gasteiger partial charge in [-0.15, -0.1) is 0 Å². The molecule has 0 fully saturated rings. The van der Waals surface area contributed by atoms with Crippen molar-refractivity contribution in [2.75, 3.05) is 7.11 Å². The summed E-state index contributed by atoms with van der Waals surface area (Å²) < 4.78 is 30.9. The molecular weight excluding hydrogens is 287 g/mol. The Hall–Kier alpha value is -1.39. The highest BCUT2D eigenvalue weighted by Crippen LogP contribution is 2.26. The molecule has 0 heterocycles. The van der Waals surface area contributed by atoms with E-state index in [4.69, 9.17) is 16.3 Å². The van der Waals surface area contributed by atoms with Gasteiger partial charge in [-0.25, -0.2) is 4.39 Å². The molecule has 0 spiro atoms. The second-order valence-electron chi connectivity index (χ2n) is 3.88. The molecule has 0 radical (unpaired) electrons. The first-order valence-corrected chi connectivity index (χ1v) is 7.27. The van der Waals surface area contributed by atoms with Gasteiger partial charge in [-0.1, -0.05) is 23.7 Å². The topological polar surface area (TPSA) is 26.3 Å². The van der Waals surface area contributed by atoms with Gasteiger partial charge in [-0.3, -0.25) is 4.21 Å². The molecule has 0 N–H and O–H groups in total. The fourth-order valence-electron chi connectivity index (χ4n) is 1.71. The number of methoxy groups -OCH3 is 1. The van der Waals surface area contributed by atoms with Crippen molar-refractivity contribution < 1.29 is 13.3 Å². The lowest BCUT2D eigenvalue weighted by atomic mass is 10.2. The average Bonchev–Trinajstić information content (AvgIpc) is 2.39. The van der Waals surface area contributed by atoms with E-state index in [1.807, 2.05) is 0 Å². The molecule has 2 nitrogen and oxygen atoms in total. The van der Waals surface area contributed by atoms with E-state index in [0.717, 1.165) is 0 Å². The van der Waals surface area contributed by atoms with Crippen LogP contribution in [0.4, 0.5) is 4.39 Å². The molecule has 0 saturated heterocycles. The zero-order valence-electron chi connectivity index (χ0n) is 10.2. The maximum absolute atomic E-state index is 13.6. The monoisotopic (exact) mass is 298 g/mol. The van der Waals surface area contributed by atoms with E-state index in [1.54, 1.807) is 30.3 Å². The molecule has 2 rings (SSSR count). The van der Waals surface area contributed by atoms with Gasteiger partial charge in [0.1, 0.15) is 11.6 Å². The SMILES string of the molecule is COc1ccc(Cl)cc1CS(=O)c1ccccc1F. The summed E-state index contributed by atoms with van der Waals surface area (Å²) in [5.41, 5.74) is 0.691. The predicted octanol–water partition coefficient (Wildman–Crippen LogP) is 3.80. The van der Waals surface area contributed by atoms with Crippen LogP contribution in [0.3, 0.4) is 0 Å². The highest BCUT2D eigenvalue weighted by molar-refractivity contribution is 7.84. The number of hydrogen-bond donors (Lipinski definition) is 0. The van der Waals surface area contributed by atoms with Crippen molar-refractivity contribution in [3.8, 4) is 5.75 Å². The summed E-state index contributed by atoms with van der Waals surface area (Å²) in [5, 5.41) is 0.529. The summed E-state index contributed by atoms with van der Waals surface area (Å²) >= 11 is 5.91. The Balaban J connectivity index is 2.29. The lowest BCUT2D eigenvalue weighted by Crippen LogP contribution is -2.01. The van der Waals surface area contributed by atoms with Crippen LogP contribution in [0.15, 0.2) is 47.4 Å². The van der Waals surface area contributed by atoms with Gasteiger partial charge in [0.15, 0.2) is 0 Å². The molecule has 19 heavy (non-hydrogen) atoms. The number of hydrogen-bond acceptors (Lipinski definition) is 2. The highest BCUT2D eigenvalue weighted by Gasteiger charge is 2.13. The van der Waals surface area contributed by atoms with Crippen LogP contribution in [0.1, 0.15) is 5.56 Å². The van der Waals surface area contributed by atoms with E-state index in [2.05, 4.69) is 0 Å². The van der Waals surface area contributed by atoms with E-state index < -0.39 is 16.6 Å². The van der Waals surface area contributed by atoms with Crippen molar-refractivity contribution in [1.29, 1.82) is 0 Å². The van der Waals surface area contributed by atoms with Crippen molar-refractivity contribution in [2.45, 2.75) is 10.6 Å². The van der Waals surface area contributed by atoms with Crippen molar-refractivity contribution >= 4 is 22.4 Å². The quantitative estimate of drug-likeness (QED) is 0.858. The minimum atomic E-state index is -1.48. The van der Waals surface area contributed by atoms with Crippen molar-refractivity contribution in [1.82, 2.24) is 0 Å². The molecule has 2 aromatic rings.